The van der Waals surface area contributed by atoms with Gasteiger partial charge in [0.1, 0.15) is 5.75 Å². The van der Waals surface area contributed by atoms with Crippen LogP contribution in [-0.2, 0) is 0 Å². The summed E-state index contributed by atoms with van der Waals surface area (Å²) in [6, 6.07) is 20.6. The van der Waals surface area contributed by atoms with E-state index >= 15 is 0 Å². The summed E-state index contributed by atoms with van der Waals surface area (Å²) < 4.78 is 7.08. The van der Waals surface area contributed by atoms with Crippen molar-refractivity contribution < 1.29 is 9.53 Å². The number of carbonyl (C=O) groups is 1. The fourth-order valence-corrected chi connectivity index (χ4v) is 2.96. The summed E-state index contributed by atoms with van der Waals surface area (Å²) in [4.78, 5) is 17.2. The van der Waals surface area contributed by atoms with Crippen LogP contribution in [-0.4, -0.2) is 27.8 Å². The summed E-state index contributed by atoms with van der Waals surface area (Å²) in [6.07, 6.45) is 5.10. The minimum absolute atomic E-state index is 0.235. The average Bonchev–Trinajstić information content (AvgIpc) is 3.29. The highest BCUT2D eigenvalue weighted by Gasteiger charge is 2.14. The van der Waals surface area contributed by atoms with E-state index in [9.17, 15) is 4.79 Å². The van der Waals surface area contributed by atoms with Gasteiger partial charge in [-0.2, -0.15) is 5.10 Å². The lowest BCUT2D eigenvalue weighted by Crippen LogP contribution is -2.15. The molecule has 0 saturated carbocycles. The van der Waals surface area contributed by atoms with Crippen LogP contribution in [0.2, 0.25) is 0 Å². The Morgan fingerprint density at radius 2 is 1.86 bits per heavy atom. The van der Waals surface area contributed by atoms with Crippen LogP contribution in [0.25, 0.3) is 16.9 Å². The molecule has 0 fully saturated rings. The molecule has 28 heavy (non-hydrogen) atoms. The van der Waals surface area contributed by atoms with Gasteiger partial charge >= 0.3 is 0 Å². The molecule has 2 heterocycles. The Kier molecular flexibility index (Phi) is 4.84. The number of aromatic nitrogens is 3. The van der Waals surface area contributed by atoms with E-state index in [0.717, 1.165) is 11.1 Å². The topological polar surface area (TPSA) is 69.0 Å². The second-order valence-electron chi connectivity index (χ2n) is 6.06. The number of carbonyl (C=O) groups excluding carboxylic acids is 1. The van der Waals surface area contributed by atoms with Crippen molar-refractivity contribution in [1.29, 1.82) is 0 Å². The molecule has 0 unspecified atom stereocenters. The molecule has 0 saturated heterocycles. The smallest absolute Gasteiger partial charge is 0.255 e. The maximum atomic E-state index is 12.9. The van der Waals surface area contributed by atoms with Gasteiger partial charge in [0.05, 0.1) is 12.8 Å². The lowest BCUT2D eigenvalue weighted by Gasteiger charge is -2.13. The number of ether oxygens (including phenoxy) is 1. The highest BCUT2D eigenvalue weighted by molar-refractivity contribution is 6.06. The van der Waals surface area contributed by atoms with Gasteiger partial charge in [0.2, 0.25) is 0 Å². The van der Waals surface area contributed by atoms with Gasteiger partial charge in [-0.25, -0.2) is 9.67 Å². The fraction of sp³-hybridized carbons (Fsp3) is 0.0455. The number of benzene rings is 2. The monoisotopic (exact) mass is 370 g/mol. The van der Waals surface area contributed by atoms with Crippen LogP contribution >= 0.6 is 0 Å². The summed E-state index contributed by atoms with van der Waals surface area (Å²) in [5.74, 6) is 1.03. The summed E-state index contributed by atoms with van der Waals surface area (Å²) in [7, 11) is 1.62. The summed E-state index contributed by atoms with van der Waals surface area (Å²) in [6.45, 7) is 0. The Labute approximate surface area is 162 Å². The molecule has 6 heteroatoms. The van der Waals surface area contributed by atoms with Crippen molar-refractivity contribution in [2.45, 2.75) is 0 Å². The number of hydrogen-bond acceptors (Lipinski definition) is 4. The third-order valence-corrected chi connectivity index (χ3v) is 4.30. The van der Waals surface area contributed by atoms with Crippen molar-refractivity contribution in [3.05, 3.63) is 90.9 Å². The van der Waals surface area contributed by atoms with Crippen LogP contribution in [0.3, 0.4) is 0 Å². The second-order valence-corrected chi connectivity index (χ2v) is 6.06. The first-order valence-electron chi connectivity index (χ1n) is 8.76. The Morgan fingerprint density at radius 3 is 2.61 bits per heavy atom. The highest BCUT2D eigenvalue weighted by Crippen LogP contribution is 2.31. The third kappa shape index (κ3) is 3.48. The zero-order valence-corrected chi connectivity index (χ0v) is 15.2. The quantitative estimate of drug-likeness (QED) is 0.572. The SMILES string of the molecule is COc1ccc(C(=O)Nc2cccnc2-n2cccn2)cc1-c1ccccc1. The summed E-state index contributed by atoms with van der Waals surface area (Å²) >= 11 is 0. The van der Waals surface area contributed by atoms with Gasteiger partial charge in [-0.15, -0.1) is 0 Å². The van der Waals surface area contributed by atoms with Gasteiger partial charge in [-0.3, -0.25) is 4.79 Å². The molecule has 2 aromatic heterocycles. The van der Waals surface area contributed by atoms with Crippen molar-refractivity contribution in [3.63, 3.8) is 0 Å². The highest BCUT2D eigenvalue weighted by atomic mass is 16.5. The zero-order chi connectivity index (χ0) is 19.3. The van der Waals surface area contributed by atoms with Crippen LogP contribution in [0.15, 0.2) is 85.3 Å². The van der Waals surface area contributed by atoms with Gasteiger partial charge in [0.25, 0.3) is 5.91 Å². The molecular formula is C22H18N4O2. The maximum absolute atomic E-state index is 12.9. The van der Waals surface area contributed by atoms with E-state index in [-0.39, 0.29) is 5.91 Å². The zero-order valence-electron chi connectivity index (χ0n) is 15.2. The van der Waals surface area contributed by atoms with Gasteiger partial charge in [-0.05, 0) is 42.0 Å². The van der Waals surface area contributed by atoms with Crippen molar-refractivity contribution in [3.8, 4) is 22.7 Å². The predicted octanol–water partition coefficient (Wildman–Crippen LogP) is 4.20. The largest absolute Gasteiger partial charge is 0.496 e. The van der Waals surface area contributed by atoms with Crippen molar-refractivity contribution >= 4 is 11.6 Å². The molecule has 138 valence electrons. The van der Waals surface area contributed by atoms with E-state index in [0.29, 0.717) is 22.8 Å². The van der Waals surface area contributed by atoms with Crippen LogP contribution in [0.5, 0.6) is 5.75 Å². The predicted molar refractivity (Wildman–Crippen MR) is 108 cm³/mol. The number of hydrogen-bond donors (Lipinski definition) is 1. The number of amides is 1. The van der Waals surface area contributed by atoms with Gasteiger partial charge < -0.3 is 10.1 Å². The molecule has 0 aliphatic carbocycles. The molecule has 0 bridgehead atoms. The van der Waals surface area contributed by atoms with Crippen molar-refractivity contribution in [2.75, 3.05) is 12.4 Å². The molecule has 4 aromatic rings. The Bertz CT molecular complexity index is 1090. The van der Waals surface area contributed by atoms with E-state index in [1.165, 1.54) is 0 Å². The molecular weight excluding hydrogens is 352 g/mol. The van der Waals surface area contributed by atoms with Gasteiger partial charge in [0, 0.05) is 29.7 Å². The van der Waals surface area contributed by atoms with E-state index in [4.69, 9.17) is 4.74 Å². The molecule has 0 atom stereocenters. The molecule has 1 N–H and O–H groups in total. The number of rotatable bonds is 5. The molecule has 0 aliphatic rings. The van der Waals surface area contributed by atoms with E-state index < -0.39 is 0 Å². The summed E-state index contributed by atoms with van der Waals surface area (Å²) in [5.41, 5.74) is 2.94. The first-order valence-corrected chi connectivity index (χ1v) is 8.76. The van der Waals surface area contributed by atoms with Crippen LogP contribution in [0.1, 0.15) is 10.4 Å². The third-order valence-electron chi connectivity index (χ3n) is 4.30. The van der Waals surface area contributed by atoms with Crippen LogP contribution in [0, 0.1) is 0 Å². The van der Waals surface area contributed by atoms with E-state index in [1.807, 2.05) is 36.4 Å². The first-order chi connectivity index (χ1) is 13.8. The standard InChI is InChI=1S/C22H18N4O2/c1-28-20-11-10-17(15-18(20)16-7-3-2-4-8-16)22(27)25-19-9-5-12-23-21(19)26-14-6-13-24-26/h2-15H,1H3,(H,25,27). The Balaban J connectivity index is 1.67. The number of pyridine rings is 1. The molecule has 1 amide bonds. The lowest BCUT2D eigenvalue weighted by atomic mass is 10.0. The number of methoxy groups -OCH3 is 1. The fourth-order valence-electron chi connectivity index (χ4n) is 2.96. The first kappa shape index (κ1) is 17.5. The molecule has 4 rings (SSSR count). The lowest BCUT2D eigenvalue weighted by molar-refractivity contribution is 0.102. The molecule has 6 nitrogen and oxygen atoms in total. The van der Waals surface area contributed by atoms with Crippen molar-refractivity contribution in [2.24, 2.45) is 0 Å². The Morgan fingerprint density at radius 1 is 1.00 bits per heavy atom. The molecule has 0 spiro atoms. The average molecular weight is 370 g/mol. The number of nitrogens with one attached hydrogen (secondary N) is 1. The number of nitrogens with zero attached hydrogens (tertiary/aromatic N) is 3. The Hall–Kier alpha value is -3.93. The summed E-state index contributed by atoms with van der Waals surface area (Å²) in [5, 5.41) is 7.12. The number of anilines is 1. The van der Waals surface area contributed by atoms with Gasteiger partial charge in [0.15, 0.2) is 5.82 Å². The normalized spacial score (nSPS) is 10.5. The minimum atomic E-state index is -0.235. The van der Waals surface area contributed by atoms with Crippen LogP contribution < -0.4 is 10.1 Å². The van der Waals surface area contributed by atoms with E-state index in [2.05, 4.69) is 15.4 Å². The molecule has 2 aromatic carbocycles. The van der Waals surface area contributed by atoms with Gasteiger partial charge in [-0.1, -0.05) is 30.3 Å². The molecule has 0 aliphatic heterocycles. The van der Waals surface area contributed by atoms with Crippen molar-refractivity contribution in [1.82, 2.24) is 14.8 Å². The van der Waals surface area contributed by atoms with Crippen LogP contribution in [0.4, 0.5) is 5.69 Å². The second kappa shape index (κ2) is 7.75. The maximum Gasteiger partial charge on any atom is 0.255 e. The van der Waals surface area contributed by atoms with E-state index in [1.54, 1.807) is 60.7 Å². The minimum Gasteiger partial charge on any atom is -0.496 e. The molecule has 0 radical (unpaired) electrons.